The minimum atomic E-state index is -1.67. The van der Waals surface area contributed by atoms with Crippen molar-refractivity contribution in [2.75, 3.05) is 13.2 Å². The van der Waals surface area contributed by atoms with Crippen LogP contribution < -0.4 is 17.2 Å². The molecule has 3 aliphatic rings. The molecule has 15 atom stereocenters. The average Bonchev–Trinajstić information content (AvgIpc) is 2.79. The highest BCUT2D eigenvalue weighted by Crippen LogP contribution is 2.30. The Morgan fingerprint density at radius 2 is 1.06 bits per heavy atom. The van der Waals surface area contributed by atoms with Crippen LogP contribution in [0, 0.1) is 0 Å². The molecule has 15 nitrogen and oxygen atoms in total. The van der Waals surface area contributed by atoms with Crippen molar-refractivity contribution in [2.24, 2.45) is 0 Å². The van der Waals surface area contributed by atoms with Gasteiger partial charge >= 0.3 is 0 Å². The maximum atomic E-state index is 11.0. The monoisotopic (exact) mass is 488 g/mol. The maximum Gasteiger partial charge on any atom is 0.190 e. The molecule has 1 aliphatic carbocycles. The zero-order chi connectivity index (χ0) is 24.6. The lowest BCUT2D eigenvalue weighted by molar-refractivity contribution is -0.525. The zero-order valence-electron chi connectivity index (χ0n) is 18.1. The Balaban J connectivity index is 1.72. The van der Waals surface area contributed by atoms with E-state index in [-0.39, 0.29) is 0 Å². The van der Waals surface area contributed by atoms with Gasteiger partial charge in [0.05, 0.1) is 19.6 Å². The van der Waals surface area contributed by atoms with E-state index < -0.39 is 105 Å². The Bertz CT molecular complexity index is 582. The van der Waals surface area contributed by atoms with Gasteiger partial charge in [0.2, 0.25) is 0 Å². The second kappa shape index (κ2) is 11.0. The fourth-order valence-corrected chi connectivity index (χ4v) is 4.55. The summed E-state index contributed by atoms with van der Waals surface area (Å²) < 4.78 is 22.3. The molecule has 2 heterocycles. The van der Waals surface area contributed by atoms with E-state index in [0.29, 0.717) is 6.42 Å². The highest BCUT2D eigenvalue weighted by atomic mass is 16.7. The van der Waals surface area contributed by atoms with Crippen molar-refractivity contribution in [2.45, 2.75) is 98.2 Å². The molecule has 0 amide bonds. The lowest BCUT2D eigenvalue weighted by Gasteiger charge is -2.45. The summed E-state index contributed by atoms with van der Waals surface area (Å²) in [5.74, 6) is 0. The van der Waals surface area contributed by atoms with Crippen molar-refractivity contribution >= 4 is 0 Å². The SMILES string of the molecule is [NH3+][C@@H]1[C@@H](O)[C@@H](O[C@@H]2[C@@H](O)[C@H](O[C@H]3O[C@H](CO)[C@@H](O)[C@H](O)[C@H]3O)[C@@H]([NH3+])C[C@H]2[NH3+])O[C@H](CO)[C@H]1O. The van der Waals surface area contributed by atoms with E-state index in [1.165, 1.54) is 0 Å². The van der Waals surface area contributed by atoms with Crippen molar-refractivity contribution in [1.82, 2.24) is 0 Å². The lowest BCUT2D eigenvalue weighted by Crippen LogP contribution is -2.83. The first-order valence-corrected chi connectivity index (χ1v) is 10.9. The van der Waals surface area contributed by atoms with Crippen molar-refractivity contribution < 1.29 is 77.0 Å². The quantitative estimate of drug-likeness (QED) is 0.166. The molecule has 0 radical (unpaired) electrons. The van der Waals surface area contributed by atoms with Gasteiger partial charge in [-0.2, -0.15) is 0 Å². The number of rotatable bonds is 6. The molecule has 0 aromatic rings. The second-order valence-electron chi connectivity index (χ2n) is 9.02. The third-order valence-electron chi connectivity index (χ3n) is 6.66. The van der Waals surface area contributed by atoms with Crippen LogP contribution in [-0.4, -0.2) is 146 Å². The van der Waals surface area contributed by atoms with Crippen LogP contribution in [0.5, 0.6) is 0 Å². The maximum absolute atomic E-state index is 11.0. The van der Waals surface area contributed by atoms with E-state index in [1.807, 2.05) is 0 Å². The molecule has 2 aliphatic heterocycles. The predicted octanol–water partition coefficient (Wildman–Crippen LogP) is -9.41. The second-order valence-corrected chi connectivity index (χ2v) is 9.02. The summed E-state index contributed by atoms with van der Waals surface area (Å²) in [7, 11) is 0. The Labute approximate surface area is 189 Å². The van der Waals surface area contributed by atoms with Gasteiger partial charge in [-0.05, 0) is 0 Å². The minimum Gasteiger partial charge on any atom is -0.394 e. The van der Waals surface area contributed by atoms with Gasteiger partial charge in [-0.15, -0.1) is 0 Å². The standard InChI is InChI=1S/C18H35N3O12/c19-4-1-5(20)16(33-18-13(28)12(27)10(25)7(3-23)31-18)14(29)15(4)32-17-11(26)8(21)9(24)6(2-22)30-17/h4-18,22-29H,1-3,19-21H2/p+3/t4-,5+,6-,7-,8+,9-,10-,11-,12+,13-,14-,15+,16-,17-,18-/m1/s1. The van der Waals surface area contributed by atoms with E-state index in [4.69, 9.17) is 18.9 Å². The van der Waals surface area contributed by atoms with Gasteiger partial charge in [0, 0.05) is 0 Å². The third-order valence-corrected chi connectivity index (χ3v) is 6.66. The third kappa shape index (κ3) is 5.32. The van der Waals surface area contributed by atoms with Gasteiger partial charge in [0.15, 0.2) is 18.7 Å². The minimum absolute atomic E-state index is 0.298. The molecule has 0 spiro atoms. The topological polar surface area (TPSA) is 282 Å². The van der Waals surface area contributed by atoms with E-state index >= 15 is 0 Å². The van der Waals surface area contributed by atoms with Gasteiger partial charge in [0.1, 0.15) is 73.1 Å². The average molecular weight is 489 g/mol. The first-order valence-electron chi connectivity index (χ1n) is 10.9. The van der Waals surface area contributed by atoms with Gasteiger partial charge in [-0.25, -0.2) is 0 Å². The van der Waals surface area contributed by atoms with Crippen molar-refractivity contribution in [3.8, 4) is 0 Å². The molecular formula is C18H38N3O12+3. The van der Waals surface area contributed by atoms with Crippen LogP contribution in [-0.2, 0) is 18.9 Å². The Kier molecular flexibility index (Phi) is 8.99. The molecular weight excluding hydrogens is 450 g/mol. The predicted molar refractivity (Wildman–Crippen MR) is 102 cm³/mol. The van der Waals surface area contributed by atoms with Gasteiger partial charge in [-0.3, -0.25) is 0 Å². The number of aliphatic hydroxyl groups excluding tert-OH is 8. The molecule has 0 aromatic carbocycles. The summed E-state index contributed by atoms with van der Waals surface area (Å²) in [6.45, 7) is -1.18. The normalized spacial score (nSPS) is 53.7. The molecule has 0 unspecified atom stereocenters. The van der Waals surface area contributed by atoms with Crippen LogP contribution in [0.25, 0.3) is 0 Å². The fraction of sp³-hybridized carbons (Fsp3) is 1.00. The summed E-state index contributed by atoms with van der Waals surface area (Å²) in [6.07, 6.45) is -15.7. The molecule has 15 heteroatoms. The van der Waals surface area contributed by atoms with Crippen molar-refractivity contribution in [3.05, 3.63) is 0 Å². The smallest absolute Gasteiger partial charge is 0.190 e. The summed E-state index contributed by atoms with van der Waals surface area (Å²) in [5.41, 5.74) is 11.6. The van der Waals surface area contributed by atoms with Crippen LogP contribution in [0.15, 0.2) is 0 Å². The van der Waals surface area contributed by atoms with Gasteiger partial charge < -0.3 is 77.0 Å². The molecule has 194 valence electrons. The van der Waals surface area contributed by atoms with Gasteiger partial charge in [-0.1, -0.05) is 0 Å². The first-order chi connectivity index (χ1) is 15.5. The van der Waals surface area contributed by atoms with Crippen LogP contribution in [0.2, 0.25) is 0 Å². The molecule has 3 fully saturated rings. The number of aliphatic hydroxyl groups is 8. The van der Waals surface area contributed by atoms with E-state index in [0.717, 1.165) is 0 Å². The van der Waals surface area contributed by atoms with E-state index in [1.54, 1.807) is 0 Å². The summed E-state index contributed by atoms with van der Waals surface area (Å²) in [6, 6.07) is -1.98. The first kappa shape index (κ1) is 27.0. The number of hydrogen-bond acceptors (Lipinski definition) is 12. The Morgan fingerprint density at radius 3 is 1.55 bits per heavy atom. The highest BCUT2D eigenvalue weighted by Gasteiger charge is 2.54. The highest BCUT2D eigenvalue weighted by molar-refractivity contribution is 4.97. The largest absolute Gasteiger partial charge is 0.394 e. The number of ether oxygens (including phenoxy) is 4. The molecule has 33 heavy (non-hydrogen) atoms. The summed E-state index contributed by atoms with van der Waals surface area (Å²) in [4.78, 5) is 0. The van der Waals surface area contributed by atoms with E-state index in [9.17, 15) is 40.9 Å². The van der Waals surface area contributed by atoms with Crippen LogP contribution >= 0.6 is 0 Å². The van der Waals surface area contributed by atoms with Crippen molar-refractivity contribution in [1.29, 1.82) is 0 Å². The summed E-state index contributed by atoms with van der Waals surface area (Å²) in [5, 5.41) is 80.4. The fourth-order valence-electron chi connectivity index (χ4n) is 4.55. The number of hydrogen-bond donors (Lipinski definition) is 11. The zero-order valence-corrected chi connectivity index (χ0v) is 18.1. The van der Waals surface area contributed by atoms with Crippen molar-refractivity contribution in [3.63, 3.8) is 0 Å². The Hall–Kier alpha value is -0.600. The summed E-state index contributed by atoms with van der Waals surface area (Å²) >= 11 is 0. The molecule has 1 saturated carbocycles. The van der Waals surface area contributed by atoms with Gasteiger partial charge in [0.25, 0.3) is 0 Å². The van der Waals surface area contributed by atoms with E-state index in [2.05, 4.69) is 17.2 Å². The molecule has 17 N–H and O–H groups in total. The molecule has 3 rings (SSSR count). The van der Waals surface area contributed by atoms with Crippen LogP contribution in [0.4, 0.5) is 0 Å². The molecule has 2 saturated heterocycles. The van der Waals surface area contributed by atoms with Crippen LogP contribution in [0.3, 0.4) is 0 Å². The number of quaternary nitrogens is 3. The Morgan fingerprint density at radius 1 is 0.606 bits per heavy atom. The van der Waals surface area contributed by atoms with Crippen LogP contribution in [0.1, 0.15) is 6.42 Å². The molecule has 0 aromatic heterocycles. The lowest BCUT2D eigenvalue weighted by atomic mass is 9.84. The molecule has 0 bridgehead atoms.